The number of hydrogen-bond donors (Lipinski definition) is 1. The highest BCUT2D eigenvalue weighted by Crippen LogP contribution is 2.32. The molecule has 0 bridgehead atoms. The van der Waals surface area contributed by atoms with Crippen LogP contribution in [0.1, 0.15) is 12.5 Å². The Hall–Kier alpha value is -2.23. The van der Waals surface area contributed by atoms with E-state index in [0.717, 1.165) is 11.3 Å². The van der Waals surface area contributed by atoms with E-state index in [-0.39, 0.29) is 5.82 Å². The molecule has 0 amide bonds. The van der Waals surface area contributed by atoms with E-state index in [1.807, 2.05) is 43.1 Å². The van der Waals surface area contributed by atoms with Crippen LogP contribution >= 0.6 is 0 Å². The zero-order valence-corrected chi connectivity index (χ0v) is 11.8. The van der Waals surface area contributed by atoms with Crippen molar-refractivity contribution < 1.29 is 9.13 Å². The van der Waals surface area contributed by atoms with Crippen LogP contribution in [0.5, 0.6) is 5.75 Å². The Morgan fingerprint density at radius 2 is 1.95 bits per heavy atom. The molecule has 0 aliphatic carbocycles. The first-order valence-corrected chi connectivity index (χ1v) is 6.58. The fourth-order valence-electron chi connectivity index (χ4n) is 2.14. The highest BCUT2D eigenvalue weighted by Gasteiger charge is 2.10. The predicted octanol–water partition coefficient (Wildman–Crippen LogP) is 3.44. The van der Waals surface area contributed by atoms with E-state index < -0.39 is 0 Å². The van der Waals surface area contributed by atoms with Gasteiger partial charge in [-0.25, -0.2) is 4.39 Å². The second-order valence-electron chi connectivity index (χ2n) is 4.61. The zero-order valence-electron chi connectivity index (χ0n) is 11.8. The molecule has 0 saturated heterocycles. The lowest BCUT2D eigenvalue weighted by Gasteiger charge is -2.22. The summed E-state index contributed by atoms with van der Waals surface area (Å²) in [5, 5.41) is 0. The Morgan fingerprint density at radius 3 is 2.65 bits per heavy atom. The molecule has 0 saturated carbocycles. The molecule has 0 unspecified atom stereocenters. The normalized spacial score (nSPS) is 10.3. The second kappa shape index (κ2) is 6.28. The van der Waals surface area contributed by atoms with Crippen LogP contribution in [0, 0.1) is 5.82 Å². The number of benzene rings is 2. The van der Waals surface area contributed by atoms with Crippen LogP contribution in [0.4, 0.5) is 15.8 Å². The van der Waals surface area contributed by atoms with Gasteiger partial charge in [0.05, 0.1) is 18.0 Å². The van der Waals surface area contributed by atoms with Gasteiger partial charge in [-0.2, -0.15) is 0 Å². The zero-order chi connectivity index (χ0) is 14.5. The monoisotopic (exact) mass is 274 g/mol. The van der Waals surface area contributed by atoms with Gasteiger partial charge in [-0.15, -0.1) is 0 Å². The fourth-order valence-corrected chi connectivity index (χ4v) is 2.14. The lowest BCUT2D eigenvalue weighted by atomic mass is 10.2. The van der Waals surface area contributed by atoms with Gasteiger partial charge in [0.25, 0.3) is 0 Å². The van der Waals surface area contributed by atoms with Crippen LogP contribution in [0.2, 0.25) is 0 Å². The molecular formula is C16H19FN2O. The summed E-state index contributed by atoms with van der Waals surface area (Å²) < 4.78 is 18.7. The average Bonchev–Trinajstić information content (AvgIpc) is 2.41. The molecule has 0 aromatic heterocycles. The summed E-state index contributed by atoms with van der Waals surface area (Å²) in [5.41, 5.74) is 8.49. The molecule has 0 radical (unpaired) electrons. The van der Waals surface area contributed by atoms with Crippen LogP contribution in [-0.4, -0.2) is 13.7 Å². The van der Waals surface area contributed by atoms with Crippen molar-refractivity contribution in [2.45, 2.75) is 13.5 Å². The van der Waals surface area contributed by atoms with Crippen molar-refractivity contribution in [3.05, 3.63) is 53.8 Å². The van der Waals surface area contributed by atoms with Gasteiger partial charge in [0, 0.05) is 13.6 Å². The summed E-state index contributed by atoms with van der Waals surface area (Å²) in [6.45, 7) is 3.07. The molecule has 106 valence electrons. The van der Waals surface area contributed by atoms with Gasteiger partial charge in [0.2, 0.25) is 0 Å². The van der Waals surface area contributed by atoms with Crippen LogP contribution in [0.3, 0.4) is 0 Å². The van der Waals surface area contributed by atoms with Gasteiger partial charge in [-0.05, 0) is 36.8 Å². The SMILES string of the molecule is CCOc1cccc(N(C)Cc2cccc(F)c2)c1N. The van der Waals surface area contributed by atoms with E-state index >= 15 is 0 Å². The molecule has 4 heteroatoms. The van der Waals surface area contributed by atoms with Gasteiger partial charge in [0.15, 0.2) is 0 Å². The quantitative estimate of drug-likeness (QED) is 0.849. The molecule has 20 heavy (non-hydrogen) atoms. The number of rotatable bonds is 5. The topological polar surface area (TPSA) is 38.5 Å². The highest BCUT2D eigenvalue weighted by molar-refractivity contribution is 5.73. The summed E-state index contributed by atoms with van der Waals surface area (Å²) in [7, 11) is 1.92. The van der Waals surface area contributed by atoms with E-state index in [9.17, 15) is 4.39 Å². The lowest BCUT2D eigenvalue weighted by Crippen LogP contribution is -2.18. The van der Waals surface area contributed by atoms with Crippen LogP contribution in [0.15, 0.2) is 42.5 Å². The molecule has 2 aromatic rings. The van der Waals surface area contributed by atoms with Gasteiger partial charge >= 0.3 is 0 Å². The maximum Gasteiger partial charge on any atom is 0.144 e. The second-order valence-corrected chi connectivity index (χ2v) is 4.61. The van der Waals surface area contributed by atoms with Crippen molar-refractivity contribution in [2.24, 2.45) is 0 Å². The van der Waals surface area contributed by atoms with Crippen LogP contribution < -0.4 is 15.4 Å². The van der Waals surface area contributed by atoms with Crippen molar-refractivity contribution in [3.63, 3.8) is 0 Å². The molecule has 2 rings (SSSR count). The number of nitrogen functional groups attached to an aromatic ring is 1. The molecule has 2 N–H and O–H groups in total. The van der Waals surface area contributed by atoms with Gasteiger partial charge < -0.3 is 15.4 Å². The van der Waals surface area contributed by atoms with E-state index in [1.165, 1.54) is 12.1 Å². The number of anilines is 2. The Kier molecular flexibility index (Phi) is 4.45. The first kappa shape index (κ1) is 14.2. The summed E-state index contributed by atoms with van der Waals surface area (Å²) in [4.78, 5) is 1.98. The number of para-hydroxylation sites is 1. The van der Waals surface area contributed by atoms with E-state index in [4.69, 9.17) is 10.5 Å². The molecule has 2 aromatic carbocycles. The minimum absolute atomic E-state index is 0.230. The number of nitrogens with zero attached hydrogens (tertiary/aromatic N) is 1. The third-order valence-electron chi connectivity index (χ3n) is 3.06. The van der Waals surface area contributed by atoms with E-state index in [1.54, 1.807) is 6.07 Å². The largest absolute Gasteiger partial charge is 0.492 e. The van der Waals surface area contributed by atoms with Gasteiger partial charge in [-0.1, -0.05) is 18.2 Å². The summed E-state index contributed by atoms with van der Waals surface area (Å²) >= 11 is 0. The Labute approximate surface area is 118 Å². The first-order valence-electron chi connectivity index (χ1n) is 6.58. The smallest absolute Gasteiger partial charge is 0.144 e. The Balaban J connectivity index is 2.21. The third kappa shape index (κ3) is 3.20. The Bertz CT molecular complexity index is 586. The van der Waals surface area contributed by atoms with Gasteiger partial charge in [0.1, 0.15) is 11.6 Å². The molecule has 0 aliphatic heterocycles. The third-order valence-corrected chi connectivity index (χ3v) is 3.06. The van der Waals surface area contributed by atoms with Crippen molar-refractivity contribution in [3.8, 4) is 5.75 Å². The molecule has 0 spiro atoms. The number of halogens is 1. The molecule has 0 atom stereocenters. The maximum atomic E-state index is 13.2. The van der Waals surface area contributed by atoms with Crippen LogP contribution in [0.25, 0.3) is 0 Å². The van der Waals surface area contributed by atoms with Crippen molar-refractivity contribution in [2.75, 3.05) is 24.3 Å². The minimum Gasteiger partial charge on any atom is -0.492 e. The lowest BCUT2D eigenvalue weighted by molar-refractivity contribution is 0.342. The van der Waals surface area contributed by atoms with Crippen molar-refractivity contribution in [1.29, 1.82) is 0 Å². The summed E-state index contributed by atoms with van der Waals surface area (Å²) in [6.07, 6.45) is 0. The Morgan fingerprint density at radius 1 is 1.20 bits per heavy atom. The van der Waals surface area contributed by atoms with Crippen molar-refractivity contribution >= 4 is 11.4 Å². The highest BCUT2D eigenvalue weighted by atomic mass is 19.1. The van der Waals surface area contributed by atoms with Crippen molar-refractivity contribution in [1.82, 2.24) is 0 Å². The molecule has 0 aliphatic rings. The molecular weight excluding hydrogens is 255 g/mol. The predicted molar refractivity (Wildman–Crippen MR) is 80.5 cm³/mol. The number of nitrogens with two attached hydrogens (primary N) is 1. The standard InChI is InChI=1S/C16H19FN2O/c1-3-20-15-9-5-8-14(16(15)18)19(2)11-12-6-4-7-13(17)10-12/h4-10H,3,11,18H2,1-2H3. The number of ether oxygens (including phenoxy) is 1. The molecule has 0 fully saturated rings. The fraction of sp³-hybridized carbons (Fsp3) is 0.250. The first-order chi connectivity index (χ1) is 9.61. The number of hydrogen-bond acceptors (Lipinski definition) is 3. The van der Waals surface area contributed by atoms with E-state index in [0.29, 0.717) is 24.6 Å². The van der Waals surface area contributed by atoms with E-state index in [2.05, 4.69) is 0 Å². The minimum atomic E-state index is -0.230. The molecule has 0 heterocycles. The average molecular weight is 274 g/mol. The van der Waals surface area contributed by atoms with Crippen LogP contribution in [-0.2, 0) is 6.54 Å². The maximum absolute atomic E-state index is 13.2. The van der Waals surface area contributed by atoms with Gasteiger partial charge in [-0.3, -0.25) is 0 Å². The summed E-state index contributed by atoms with van der Waals surface area (Å²) in [5.74, 6) is 0.447. The molecule has 3 nitrogen and oxygen atoms in total. The summed E-state index contributed by atoms with van der Waals surface area (Å²) in [6, 6.07) is 12.2.